The molecule has 7 rings (SSSR count). The van der Waals surface area contributed by atoms with Crippen molar-refractivity contribution in [2.75, 3.05) is 17.3 Å². The van der Waals surface area contributed by atoms with Crippen LogP contribution in [0.3, 0.4) is 0 Å². The molecule has 3 heterocycles. The number of methoxy groups -OCH3 is 1. The molecule has 4 aromatic carbocycles. The van der Waals surface area contributed by atoms with Gasteiger partial charge in [-0.2, -0.15) is 5.10 Å². The maximum absolute atomic E-state index is 6.17. The minimum absolute atomic E-state index is 0.228. The third-order valence-electron chi connectivity index (χ3n) is 7.16. The maximum atomic E-state index is 6.17. The minimum Gasteiger partial charge on any atom is -0.497 e. The van der Waals surface area contributed by atoms with Crippen molar-refractivity contribution in [1.29, 1.82) is 0 Å². The number of para-hydroxylation sites is 3. The van der Waals surface area contributed by atoms with Crippen molar-refractivity contribution in [3.63, 3.8) is 0 Å². The van der Waals surface area contributed by atoms with Gasteiger partial charge in [0.25, 0.3) is 0 Å². The summed E-state index contributed by atoms with van der Waals surface area (Å²) in [5, 5.41) is 9.16. The number of benzene rings is 4. The largest absolute Gasteiger partial charge is 0.497 e. The zero-order valence-electron chi connectivity index (χ0n) is 21.9. The number of ether oxygens (including phenoxy) is 1. The quantitative estimate of drug-likeness (QED) is 0.252. The second-order valence-corrected chi connectivity index (χ2v) is 10.1. The first-order chi connectivity index (χ1) is 19.6. The molecule has 0 aliphatic carbocycles. The van der Waals surface area contributed by atoms with E-state index in [0.717, 1.165) is 51.1 Å². The summed E-state index contributed by atoms with van der Waals surface area (Å²) < 4.78 is 7.56. The number of amidine groups is 2. The number of halogens is 1. The van der Waals surface area contributed by atoms with E-state index < -0.39 is 0 Å². The summed E-state index contributed by atoms with van der Waals surface area (Å²) in [6.07, 6.45) is 0. The molecule has 0 saturated carbocycles. The van der Waals surface area contributed by atoms with Gasteiger partial charge in [-0.1, -0.05) is 54.1 Å². The van der Waals surface area contributed by atoms with Gasteiger partial charge in [0.1, 0.15) is 5.75 Å². The SMILES string of the molecule is COc1cccc([C@@H]2c3c(C)nn(-c4ccccc4)c3N=C3C(Nc4ccc(Cl)cc4)=Nc4ccccc4N32)c1. The van der Waals surface area contributed by atoms with Gasteiger partial charge < -0.3 is 15.0 Å². The minimum atomic E-state index is -0.228. The first kappa shape index (κ1) is 24.2. The molecular formula is C32H25ClN6O. The average Bonchev–Trinajstić information content (AvgIpc) is 3.33. The fraction of sp³-hybridized carbons (Fsp3) is 0.0938. The number of fused-ring (bicyclic) bond motifs is 4. The highest BCUT2D eigenvalue weighted by molar-refractivity contribution is 6.51. The lowest BCUT2D eigenvalue weighted by Crippen LogP contribution is -2.46. The van der Waals surface area contributed by atoms with Gasteiger partial charge >= 0.3 is 0 Å². The summed E-state index contributed by atoms with van der Waals surface area (Å²) in [6.45, 7) is 2.04. The Morgan fingerprint density at radius 1 is 0.850 bits per heavy atom. The molecule has 8 heteroatoms. The molecule has 2 aliphatic rings. The van der Waals surface area contributed by atoms with E-state index in [9.17, 15) is 0 Å². The van der Waals surface area contributed by atoms with E-state index >= 15 is 0 Å². The number of hydrogen-bond donors (Lipinski definition) is 1. The molecule has 0 unspecified atom stereocenters. The number of nitrogens with one attached hydrogen (secondary N) is 1. The number of aromatic nitrogens is 2. The molecule has 7 nitrogen and oxygen atoms in total. The van der Waals surface area contributed by atoms with Gasteiger partial charge in [-0.25, -0.2) is 14.7 Å². The van der Waals surface area contributed by atoms with Crippen LogP contribution in [-0.4, -0.2) is 28.6 Å². The van der Waals surface area contributed by atoms with Gasteiger partial charge in [0, 0.05) is 16.3 Å². The Kier molecular flexibility index (Phi) is 5.86. The summed E-state index contributed by atoms with van der Waals surface area (Å²) >= 11 is 6.17. The Bertz CT molecular complexity index is 1790. The van der Waals surface area contributed by atoms with Gasteiger partial charge in [0.2, 0.25) is 0 Å². The first-order valence-corrected chi connectivity index (χ1v) is 13.4. The summed E-state index contributed by atoms with van der Waals surface area (Å²) in [4.78, 5) is 12.6. The zero-order valence-corrected chi connectivity index (χ0v) is 22.7. The summed E-state index contributed by atoms with van der Waals surface area (Å²) in [6, 6.07) is 33.8. The number of hydrogen-bond acceptors (Lipinski definition) is 6. The van der Waals surface area contributed by atoms with Crippen molar-refractivity contribution in [3.8, 4) is 11.4 Å². The maximum Gasteiger partial charge on any atom is 0.179 e. The fourth-order valence-electron chi connectivity index (χ4n) is 5.34. The predicted octanol–water partition coefficient (Wildman–Crippen LogP) is 7.64. The molecular weight excluding hydrogens is 520 g/mol. The van der Waals surface area contributed by atoms with Crippen molar-refractivity contribution >= 4 is 46.2 Å². The highest BCUT2D eigenvalue weighted by atomic mass is 35.5. The molecule has 1 atom stereocenters. The molecule has 1 aromatic heterocycles. The Morgan fingerprint density at radius 3 is 2.42 bits per heavy atom. The average molecular weight is 545 g/mol. The Hall–Kier alpha value is -4.88. The first-order valence-electron chi connectivity index (χ1n) is 13.0. The van der Waals surface area contributed by atoms with Crippen LogP contribution in [0.1, 0.15) is 22.9 Å². The smallest absolute Gasteiger partial charge is 0.179 e. The highest BCUT2D eigenvalue weighted by Gasteiger charge is 2.41. The zero-order chi connectivity index (χ0) is 27.2. The van der Waals surface area contributed by atoms with Crippen LogP contribution in [0.2, 0.25) is 5.02 Å². The predicted molar refractivity (Wildman–Crippen MR) is 161 cm³/mol. The van der Waals surface area contributed by atoms with Crippen LogP contribution in [0, 0.1) is 6.92 Å². The van der Waals surface area contributed by atoms with E-state index in [-0.39, 0.29) is 6.04 Å². The lowest BCUT2D eigenvalue weighted by molar-refractivity contribution is 0.414. The molecule has 2 aliphatic heterocycles. The Balaban J connectivity index is 1.50. The van der Waals surface area contributed by atoms with Crippen LogP contribution in [0.15, 0.2) is 113 Å². The molecule has 0 fully saturated rings. The monoisotopic (exact) mass is 544 g/mol. The summed E-state index contributed by atoms with van der Waals surface area (Å²) in [7, 11) is 1.69. The van der Waals surface area contributed by atoms with Crippen LogP contribution in [0.25, 0.3) is 5.69 Å². The van der Waals surface area contributed by atoms with Crippen molar-refractivity contribution in [1.82, 2.24) is 9.78 Å². The molecule has 40 heavy (non-hydrogen) atoms. The van der Waals surface area contributed by atoms with E-state index in [1.54, 1.807) is 7.11 Å². The lowest BCUT2D eigenvalue weighted by Gasteiger charge is -2.40. The number of aliphatic imine (C=N–C) groups is 2. The number of rotatable bonds is 4. The van der Waals surface area contributed by atoms with E-state index in [2.05, 4.69) is 28.4 Å². The van der Waals surface area contributed by atoms with Gasteiger partial charge in [-0.3, -0.25) is 0 Å². The van der Waals surface area contributed by atoms with Crippen LogP contribution in [-0.2, 0) is 0 Å². The lowest BCUT2D eigenvalue weighted by atomic mass is 9.93. The molecule has 1 N–H and O–H groups in total. The Morgan fingerprint density at radius 2 is 1.62 bits per heavy atom. The topological polar surface area (TPSA) is 67.0 Å². The van der Waals surface area contributed by atoms with Crippen LogP contribution in [0.4, 0.5) is 22.9 Å². The molecule has 0 bridgehead atoms. The van der Waals surface area contributed by atoms with E-state index in [1.165, 1.54) is 0 Å². The molecule has 0 spiro atoms. The van der Waals surface area contributed by atoms with Crippen LogP contribution in [0.5, 0.6) is 5.75 Å². The van der Waals surface area contributed by atoms with E-state index in [4.69, 9.17) is 31.4 Å². The van der Waals surface area contributed by atoms with Gasteiger partial charge in [0.15, 0.2) is 17.5 Å². The van der Waals surface area contributed by atoms with Crippen LogP contribution < -0.4 is 15.0 Å². The molecule has 0 amide bonds. The standard InChI is InChI=1S/C32H25ClN6O/c1-20-28-29(21-9-8-12-25(19-21)40-2)38-27-14-7-6-13-26(27)35-30(34-23-17-15-22(33)16-18-23)32(38)36-31(28)39(37-20)24-10-4-3-5-11-24/h3-19,29H,1-2H3,(H,34,35)/t29-/m1/s1. The van der Waals surface area contributed by atoms with Gasteiger partial charge in [-0.05, 0) is 73.2 Å². The molecule has 0 saturated heterocycles. The van der Waals surface area contributed by atoms with E-state index in [1.807, 2.05) is 96.5 Å². The molecule has 5 aromatic rings. The second kappa shape index (κ2) is 9.70. The molecule has 196 valence electrons. The fourth-order valence-corrected chi connectivity index (χ4v) is 5.47. The number of anilines is 2. The molecule has 0 radical (unpaired) electrons. The Labute approximate surface area is 237 Å². The summed E-state index contributed by atoms with van der Waals surface area (Å²) in [5.41, 5.74) is 6.61. The highest BCUT2D eigenvalue weighted by Crippen LogP contribution is 2.48. The van der Waals surface area contributed by atoms with E-state index in [0.29, 0.717) is 16.7 Å². The second-order valence-electron chi connectivity index (χ2n) is 9.64. The van der Waals surface area contributed by atoms with Crippen molar-refractivity contribution in [2.45, 2.75) is 13.0 Å². The summed E-state index contributed by atoms with van der Waals surface area (Å²) in [5.74, 6) is 2.89. The third kappa shape index (κ3) is 4.03. The van der Waals surface area contributed by atoms with Crippen molar-refractivity contribution in [2.24, 2.45) is 9.98 Å². The van der Waals surface area contributed by atoms with Gasteiger partial charge in [0.05, 0.1) is 35.9 Å². The van der Waals surface area contributed by atoms with Crippen molar-refractivity contribution < 1.29 is 4.74 Å². The van der Waals surface area contributed by atoms with Gasteiger partial charge in [-0.15, -0.1) is 0 Å². The number of nitrogens with zero attached hydrogens (tertiary/aromatic N) is 5. The number of aryl methyl sites for hydroxylation is 1. The third-order valence-corrected chi connectivity index (χ3v) is 7.41. The van der Waals surface area contributed by atoms with Crippen LogP contribution >= 0.6 is 11.6 Å². The normalized spacial score (nSPS) is 15.4. The van der Waals surface area contributed by atoms with Crippen molar-refractivity contribution in [3.05, 3.63) is 125 Å².